The highest BCUT2D eigenvalue weighted by Gasteiger charge is 2.45. The summed E-state index contributed by atoms with van der Waals surface area (Å²) in [5.41, 5.74) is -0.0657. The topological polar surface area (TPSA) is 45.8 Å². The van der Waals surface area contributed by atoms with Crippen LogP contribution in [0.25, 0.3) is 0 Å². The van der Waals surface area contributed by atoms with Crippen LogP contribution in [0.3, 0.4) is 0 Å². The molecule has 3 aliphatic heterocycles. The number of nitrogens with one attached hydrogen (secondary N) is 2. The average molecular weight is 241 g/mol. The Morgan fingerprint density at radius 1 is 1.12 bits per heavy atom. The zero-order valence-electron chi connectivity index (χ0n) is 10.6. The van der Waals surface area contributed by atoms with E-state index in [-0.39, 0.29) is 11.3 Å². The first-order chi connectivity index (χ1) is 8.22. The molecule has 3 fully saturated rings. The Kier molecular flexibility index (Phi) is 3.13. The molecule has 0 aliphatic carbocycles. The number of likely N-dealkylation sites (tertiary alicyclic amines) is 1. The summed E-state index contributed by atoms with van der Waals surface area (Å²) in [5.74, 6) is 0. The molecule has 3 saturated heterocycles. The van der Waals surface area contributed by atoms with Gasteiger partial charge in [0.15, 0.2) is 0 Å². The molecule has 0 aromatic heterocycles. The van der Waals surface area contributed by atoms with Crippen molar-refractivity contribution in [3.05, 3.63) is 0 Å². The van der Waals surface area contributed by atoms with Crippen LogP contribution in [0.1, 0.15) is 12.8 Å². The monoisotopic (exact) mass is 241 g/mol. The normalized spacial score (nSPS) is 38.6. The van der Waals surface area contributed by atoms with E-state index in [9.17, 15) is 0 Å². The Hall–Kier alpha value is -0.200. The smallest absolute Gasteiger partial charge is 0.121 e. The summed E-state index contributed by atoms with van der Waals surface area (Å²) in [5, 5.41) is 7.17. The Morgan fingerprint density at radius 3 is 2.53 bits per heavy atom. The lowest BCUT2D eigenvalue weighted by Crippen LogP contribution is -2.71. The van der Waals surface area contributed by atoms with E-state index in [4.69, 9.17) is 9.47 Å². The molecule has 3 rings (SSSR count). The summed E-state index contributed by atoms with van der Waals surface area (Å²) in [4.78, 5) is 2.36. The van der Waals surface area contributed by atoms with E-state index in [0.717, 1.165) is 58.8 Å². The van der Waals surface area contributed by atoms with Crippen molar-refractivity contribution in [2.75, 3.05) is 53.0 Å². The Labute approximate surface area is 103 Å². The van der Waals surface area contributed by atoms with Crippen molar-refractivity contribution in [2.45, 2.75) is 24.1 Å². The van der Waals surface area contributed by atoms with Gasteiger partial charge in [-0.1, -0.05) is 0 Å². The van der Waals surface area contributed by atoms with E-state index in [0.29, 0.717) is 0 Å². The maximum atomic E-state index is 6.17. The SMILES string of the molecule is CN1CCC2(CC1)NCC1(COCCN1)CO2. The van der Waals surface area contributed by atoms with Crippen LogP contribution in [-0.4, -0.2) is 69.2 Å². The number of ether oxygens (including phenoxy) is 2. The van der Waals surface area contributed by atoms with Gasteiger partial charge in [-0.15, -0.1) is 0 Å². The van der Waals surface area contributed by atoms with Crippen LogP contribution >= 0.6 is 0 Å². The van der Waals surface area contributed by atoms with Crippen molar-refractivity contribution >= 4 is 0 Å². The second kappa shape index (κ2) is 4.48. The molecule has 0 radical (unpaired) electrons. The second-order valence-corrected chi connectivity index (χ2v) is 5.70. The lowest BCUT2D eigenvalue weighted by Gasteiger charge is -2.51. The van der Waals surface area contributed by atoms with Gasteiger partial charge >= 0.3 is 0 Å². The van der Waals surface area contributed by atoms with E-state index < -0.39 is 0 Å². The standard InChI is InChI=1S/C12H23N3O2/c1-15-5-2-12(3-6-15)14-8-11(10-17-12)9-16-7-4-13-11/h13-14H,2-10H2,1H3. The van der Waals surface area contributed by atoms with Crippen LogP contribution in [0.2, 0.25) is 0 Å². The Bertz CT molecular complexity index is 259. The molecular formula is C12H23N3O2. The first-order valence-corrected chi connectivity index (χ1v) is 6.62. The van der Waals surface area contributed by atoms with Gasteiger partial charge in [0.2, 0.25) is 0 Å². The van der Waals surface area contributed by atoms with Crippen molar-refractivity contribution in [3.63, 3.8) is 0 Å². The molecule has 0 amide bonds. The van der Waals surface area contributed by atoms with Crippen LogP contribution in [0.5, 0.6) is 0 Å². The minimum absolute atomic E-state index is 0.00679. The van der Waals surface area contributed by atoms with Crippen LogP contribution in [-0.2, 0) is 9.47 Å². The molecule has 17 heavy (non-hydrogen) atoms. The number of morpholine rings is 1. The predicted octanol–water partition coefficient (Wildman–Crippen LogP) is -0.613. The van der Waals surface area contributed by atoms with Gasteiger partial charge in [-0.2, -0.15) is 0 Å². The van der Waals surface area contributed by atoms with E-state index in [1.165, 1.54) is 0 Å². The highest BCUT2D eigenvalue weighted by Crippen LogP contribution is 2.29. The summed E-state index contributed by atoms with van der Waals surface area (Å²) in [6.45, 7) is 6.46. The van der Waals surface area contributed by atoms with Gasteiger partial charge in [-0.05, 0) is 7.05 Å². The number of nitrogens with zero attached hydrogens (tertiary/aromatic N) is 1. The minimum atomic E-state index is -0.0725. The number of rotatable bonds is 0. The molecular weight excluding hydrogens is 218 g/mol. The van der Waals surface area contributed by atoms with Crippen molar-refractivity contribution in [1.29, 1.82) is 0 Å². The van der Waals surface area contributed by atoms with Gasteiger partial charge in [0, 0.05) is 39.0 Å². The Morgan fingerprint density at radius 2 is 1.94 bits per heavy atom. The zero-order chi connectivity index (χ0) is 11.8. The predicted molar refractivity (Wildman–Crippen MR) is 65.0 cm³/mol. The Balaban J connectivity index is 1.59. The van der Waals surface area contributed by atoms with Crippen LogP contribution in [0.4, 0.5) is 0 Å². The molecule has 1 atom stereocenters. The highest BCUT2D eigenvalue weighted by atomic mass is 16.5. The maximum Gasteiger partial charge on any atom is 0.121 e. The minimum Gasteiger partial charge on any atom is -0.378 e. The molecule has 0 saturated carbocycles. The van der Waals surface area contributed by atoms with Crippen molar-refractivity contribution in [3.8, 4) is 0 Å². The molecule has 5 nitrogen and oxygen atoms in total. The van der Waals surface area contributed by atoms with Crippen LogP contribution < -0.4 is 10.6 Å². The number of hydrogen-bond acceptors (Lipinski definition) is 5. The number of piperidine rings is 1. The molecule has 2 spiro atoms. The molecule has 2 N–H and O–H groups in total. The van der Waals surface area contributed by atoms with Crippen LogP contribution in [0.15, 0.2) is 0 Å². The summed E-state index contributed by atoms with van der Waals surface area (Å²) in [6.07, 6.45) is 2.17. The van der Waals surface area contributed by atoms with E-state index in [1.54, 1.807) is 0 Å². The zero-order valence-corrected chi connectivity index (χ0v) is 10.6. The van der Waals surface area contributed by atoms with Crippen LogP contribution in [0, 0.1) is 0 Å². The summed E-state index contributed by atoms with van der Waals surface area (Å²) >= 11 is 0. The fourth-order valence-electron chi connectivity index (χ4n) is 2.92. The summed E-state index contributed by atoms with van der Waals surface area (Å²) < 4.78 is 11.7. The van der Waals surface area contributed by atoms with Crippen molar-refractivity contribution in [2.24, 2.45) is 0 Å². The lowest BCUT2D eigenvalue weighted by molar-refractivity contribution is -0.169. The molecule has 0 aromatic carbocycles. The molecule has 3 heterocycles. The third-order valence-corrected chi connectivity index (χ3v) is 4.29. The maximum absolute atomic E-state index is 6.17. The van der Waals surface area contributed by atoms with E-state index in [2.05, 4.69) is 22.6 Å². The molecule has 1 unspecified atom stereocenters. The van der Waals surface area contributed by atoms with Gasteiger partial charge in [-0.25, -0.2) is 0 Å². The summed E-state index contributed by atoms with van der Waals surface area (Å²) in [6, 6.07) is 0. The van der Waals surface area contributed by atoms with Gasteiger partial charge in [0.25, 0.3) is 0 Å². The summed E-state index contributed by atoms with van der Waals surface area (Å²) in [7, 11) is 2.17. The molecule has 5 heteroatoms. The third-order valence-electron chi connectivity index (χ3n) is 4.29. The first-order valence-electron chi connectivity index (χ1n) is 6.62. The third kappa shape index (κ3) is 2.35. The average Bonchev–Trinajstić information content (AvgIpc) is 2.38. The fourth-order valence-corrected chi connectivity index (χ4v) is 2.92. The van der Waals surface area contributed by atoms with E-state index in [1.807, 2.05) is 0 Å². The highest BCUT2D eigenvalue weighted by molar-refractivity contribution is 5.00. The quantitative estimate of drug-likeness (QED) is 0.592. The molecule has 0 aromatic rings. The van der Waals surface area contributed by atoms with Gasteiger partial charge < -0.3 is 19.7 Å². The van der Waals surface area contributed by atoms with Gasteiger partial charge in [-0.3, -0.25) is 5.32 Å². The fraction of sp³-hybridized carbons (Fsp3) is 1.00. The molecule has 98 valence electrons. The number of hydrogen-bond donors (Lipinski definition) is 2. The lowest BCUT2D eigenvalue weighted by atomic mass is 9.92. The molecule has 0 bridgehead atoms. The second-order valence-electron chi connectivity index (χ2n) is 5.70. The van der Waals surface area contributed by atoms with Crippen molar-refractivity contribution in [1.82, 2.24) is 15.5 Å². The first kappa shape index (κ1) is 11.9. The molecule has 3 aliphatic rings. The van der Waals surface area contributed by atoms with Crippen molar-refractivity contribution < 1.29 is 9.47 Å². The van der Waals surface area contributed by atoms with Gasteiger partial charge in [0.1, 0.15) is 5.72 Å². The van der Waals surface area contributed by atoms with E-state index >= 15 is 0 Å². The van der Waals surface area contributed by atoms with Gasteiger partial charge in [0.05, 0.1) is 25.4 Å². The largest absolute Gasteiger partial charge is 0.378 e.